The molecule has 2 aromatic rings. The Labute approximate surface area is 113 Å². The van der Waals surface area contributed by atoms with Gasteiger partial charge in [0.2, 0.25) is 0 Å². The van der Waals surface area contributed by atoms with Gasteiger partial charge < -0.3 is 4.74 Å². The topological polar surface area (TPSA) is 35.0 Å². The van der Waals surface area contributed by atoms with E-state index in [0.717, 1.165) is 21.5 Å². The van der Waals surface area contributed by atoms with Gasteiger partial charge in [-0.3, -0.25) is 0 Å². The summed E-state index contributed by atoms with van der Waals surface area (Å²) in [4.78, 5) is 9.37. The first-order valence-electron chi connectivity index (χ1n) is 5.01. The SMILES string of the molecule is CSc1ccccc1Oc1ncc(CBr)cn1. The van der Waals surface area contributed by atoms with Crippen LogP contribution in [0.3, 0.4) is 0 Å². The van der Waals surface area contributed by atoms with E-state index in [2.05, 4.69) is 25.9 Å². The lowest BCUT2D eigenvalue weighted by atomic mass is 10.3. The maximum atomic E-state index is 5.64. The van der Waals surface area contributed by atoms with E-state index < -0.39 is 0 Å². The Kier molecular flexibility index (Phi) is 4.39. The number of nitrogens with zero attached hydrogens (tertiary/aromatic N) is 2. The molecule has 17 heavy (non-hydrogen) atoms. The average molecular weight is 311 g/mol. The Morgan fingerprint density at radius 2 is 1.94 bits per heavy atom. The summed E-state index contributed by atoms with van der Waals surface area (Å²) >= 11 is 4.98. The first kappa shape index (κ1) is 12.4. The number of aromatic nitrogens is 2. The van der Waals surface area contributed by atoms with Gasteiger partial charge in [0, 0.05) is 22.6 Å². The molecule has 0 unspecified atom stereocenters. The smallest absolute Gasteiger partial charge is 0.321 e. The molecule has 5 heteroatoms. The van der Waals surface area contributed by atoms with Crippen LogP contribution in [0.25, 0.3) is 0 Å². The summed E-state index contributed by atoms with van der Waals surface area (Å²) in [5.74, 6) is 0.784. The second-order valence-corrected chi connectivity index (χ2v) is 4.67. The van der Waals surface area contributed by atoms with Gasteiger partial charge in [0.25, 0.3) is 0 Å². The third kappa shape index (κ3) is 3.20. The van der Waals surface area contributed by atoms with Crippen LogP contribution in [0.15, 0.2) is 41.6 Å². The predicted octanol–water partition coefficient (Wildman–Crippen LogP) is 3.89. The predicted molar refractivity (Wildman–Crippen MR) is 73.0 cm³/mol. The van der Waals surface area contributed by atoms with Crippen molar-refractivity contribution in [3.8, 4) is 11.8 Å². The molecule has 0 saturated carbocycles. The highest BCUT2D eigenvalue weighted by molar-refractivity contribution is 9.08. The number of rotatable bonds is 4. The second kappa shape index (κ2) is 6.02. The van der Waals surface area contributed by atoms with Gasteiger partial charge in [-0.05, 0) is 24.0 Å². The van der Waals surface area contributed by atoms with E-state index in [1.807, 2.05) is 30.5 Å². The van der Waals surface area contributed by atoms with Gasteiger partial charge in [-0.15, -0.1) is 11.8 Å². The van der Waals surface area contributed by atoms with E-state index >= 15 is 0 Å². The minimum atomic E-state index is 0.371. The first-order valence-corrected chi connectivity index (χ1v) is 7.36. The monoisotopic (exact) mass is 310 g/mol. The van der Waals surface area contributed by atoms with Crippen molar-refractivity contribution in [2.75, 3.05) is 6.26 Å². The number of thioether (sulfide) groups is 1. The summed E-state index contributed by atoms with van der Waals surface area (Å²) in [6.07, 6.45) is 5.51. The fourth-order valence-electron chi connectivity index (χ4n) is 1.27. The highest BCUT2D eigenvalue weighted by Crippen LogP contribution is 2.29. The first-order chi connectivity index (χ1) is 8.33. The average Bonchev–Trinajstić information content (AvgIpc) is 2.40. The van der Waals surface area contributed by atoms with E-state index in [0.29, 0.717) is 6.01 Å². The van der Waals surface area contributed by atoms with E-state index in [1.54, 1.807) is 24.2 Å². The molecule has 0 amide bonds. The van der Waals surface area contributed by atoms with Gasteiger partial charge >= 0.3 is 6.01 Å². The maximum absolute atomic E-state index is 5.64. The highest BCUT2D eigenvalue weighted by atomic mass is 79.9. The molecule has 2 rings (SSSR count). The van der Waals surface area contributed by atoms with Crippen LogP contribution in [-0.2, 0) is 5.33 Å². The summed E-state index contributed by atoms with van der Waals surface area (Å²) in [5.41, 5.74) is 1.02. The molecule has 0 fully saturated rings. The number of para-hydroxylation sites is 1. The van der Waals surface area contributed by atoms with Gasteiger partial charge in [0.1, 0.15) is 5.75 Å². The molecule has 0 aliphatic rings. The van der Waals surface area contributed by atoms with Crippen LogP contribution >= 0.6 is 27.7 Å². The van der Waals surface area contributed by atoms with E-state index in [-0.39, 0.29) is 0 Å². The largest absolute Gasteiger partial charge is 0.423 e. The Bertz CT molecular complexity index is 490. The Morgan fingerprint density at radius 3 is 2.59 bits per heavy atom. The van der Waals surface area contributed by atoms with Crippen LogP contribution in [0, 0.1) is 0 Å². The molecule has 0 saturated heterocycles. The molecule has 0 N–H and O–H groups in total. The summed E-state index contributed by atoms with van der Waals surface area (Å²) in [6.45, 7) is 0. The van der Waals surface area contributed by atoms with Crippen LogP contribution < -0.4 is 4.74 Å². The molecule has 1 heterocycles. The van der Waals surface area contributed by atoms with Crippen LogP contribution in [0.1, 0.15) is 5.56 Å². The van der Waals surface area contributed by atoms with Crippen molar-refractivity contribution in [2.24, 2.45) is 0 Å². The normalized spacial score (nSPS) is 10.2. The summed E-state index contributed by atoms with van der Waals surface area (Å²) in [6, 6.07) is 8.20. The zero-order valence-corrected chi connectivity index (χ0v) is 11.7. The third-order valence-electron chi connectivity index (χ3n) is 2.11. The van der Waals surface area contributed by atoms with E-state index in [9.17, 15) is 0 Å². The lowest BCUT2D eigenvalue weighted by Crippen LogP contribution is -1.93. The summed E-state index contributed by atoms with van der Waals surface area (Å²) in [7, 11) is 0. The van der Waals surface area contributed by atoms with Crippen LogP contribution in [0.2, 0.25) is 0 Å². The Balaban J connectivity index is 2.19. The number of hydrogen-bond donors (Lipinski definition) is 0. The lowest BCUT2D eigenvalue weighted by Gasteiger charge is -2.07. The van der Waals surface area contributed by atoms with Gasteiger partial charge in [-0.1, -0.05) is 28.1 Å². The molecule has 1 aromatic heterocycles. The molecular weight excluding hydrogens is 300 g/mol. The van der Waals surface area contributed by atoms with Crippen molar-refractivity contribution in [1.29, 1.82) is 0 Å². The number of hydrogen-bond acceptors (Lipinski definition) is 4. The molecule has 0 atom stereocenters. The van der Waals surface area contributed by atoms with Crippen LogP contribution in [0.4, 0.5) is 0 Å². The van der Waals surface area contributed by atoms with E-state index in [4.69, 9.17) is 4.74 Å². The molecule has 0 aliphatic heterocycles. The quantitative estimate of drug-likeness (QED) is 0.634. The summed E-state index contributed by atoms with van der Waals surface area (Å²) in [5, 5.41) is 0.745. The number of benzene rings is 1. The van der Waals surface area contributed by atoms with Crippen molar-refractivity contribution in [3.63, 3.8) is 0 Å². The van der Waals surface area contributed by atoms with Gasteiger partial charge in [-0.2, -0.15) is 0 Å². The Hall–Kier alpha value is -1.07. The molecule has 1 aromatic carbocycles. The number of alkyl halides is 1. The standard InChI is InChI=1S/C12H11BrN2OS/c1-17-11-5-3-2-4-10(11)16-12-14-7-9(6-13)8-15-12/h2-5,7-8H,6H2,1H3. The third-order valence-corrected chi connectivity index (χ3v) is 3.53. The fraction of sp³-hybridized carbons (Fsp3) is 0.167. The molecule has 0 aliphatic carbocycles. The van der Waals surface area contributed by atoms with Crippen molar-refractivity contribution < 1.29 is 4.74 Å². The highest BCUT2D eigenvalue weighted by Gasteiger charge is 2.05. The fourth-order valence-corrected chi connectivity index (χ4v) is 2.08. The summed E-state index contributed by atoms with van der Waals surface area (Å²) < 4.78 is 5.64. The van der Waals surface area contributed by atoms with Crippen molar-refractivity contribution in [3.05, 3.63) is 42.2 Å². The zero-order valence-electron chi connectivity index (χ0n) is 9.26. The molecule has 0 radical (unpaired) electrons. The van der Waals surface area contributed by atoms with Crippen LogP contribution in [-0.4, -0.2) is 16.2 Å². The molecule has 3 nitrogen and oxygen atoms in total. The van der Waals surface area contributed by atoms with E-state index in [1.165, 1.54) is 0 Å². The molecular formula is C12H11BrN2OS. The zero-order chi connectivity index (χ0) is 12.1. The van der Waals surface area contributed by atoms with Gasteiger partial charge in [0.05, 0.1) is 0 Å². The number of ether oxygens (including phenoxy) is 1. The van der Waals surface area contributed by atoms with Crippen LogP contribution in [0.5, 0.6) is 11.8 Å². The molecule has 0 spiro atoms. The Morgan fingerprint density at radius 1 is 1.24 bits per heavy atom. The molecule has 0 bridgehead atoms. The van der Waals surface area contributed by atoms with Crippen molar-refractivity contribution >= 4 is 27.7 Å². The van der Waals surface area contributed by atoms with Crippen molar-refractivity contribution in [2.45, 2.75) is 10.2 Å². The number of halogens is 1. The maximum Gasteiger partial charge on any atom is 0.321 e. The minimum absolute atomic E-state index is 0.371. The van der Waals surface area contributed by atoms with Gasteiger partial charge in [0.15, 0.2) is 0 Å². The second-order valence-electron chi connectivity index (χ2n) is 3.26. The van der Waals surface area contributed by atoms with Crippen molar-refractivity contribution in [1.82, 2.24) is 9.97 Å². The molecule has 88 valence electrons. The minimum Gasteiger partial charge on any atom is -0.423 e. The lowest BCUT2D eigenvalue weighted by molar-refractivity contribution is 0.431. The van der Waals surface area contributed by atoms with Gasteiger partial charge in [-0.25, -0.2) is 9.97 Å².